The number of nitrogens with one attached hydrogen (secondary N) is 1. The normalized spacial score (nSPS) is 13.5. The molecule has 24 heavy (non-hydrogen) atoms. The highest BCUT2D eigenvalue weighted by Gasteiger charge is 2.20. The number of benzene rings is 2. The third-order valence-corrected chi connectivity index (χ3v) is 5.04. The molecule has 2 nitrogen and oxygen atoms in total. The number of aryl methyl sites for hydroxylation is 1. The van der Waals surface area contributed by atoms with E-state index in [0.717, 1.165) is 11.3 Å². The summed E-state index contributed by atoms with van der Waals surface area (Å²) in [6.45, 7) is 8.41. The third-order valence-electron chi connectivity index (χ3n) is 3.93. The number of hydrogen-bond acceptors (Lipinski definition) is 2. The molecule has 0 bridgehead atoms. The number of carbonyl (C=O) groups is 1. The molecule has 0 fully saturated rings. The van der Waals surface area contributed by atoms with Crippen LogP contribution in [0.4, 0.5) is 0 Å². The SMILES string of the molecule is Cc1ccc(S[C@H](C)C(=O)N[C@@H](CC(C)C)c2ccccc2)cc1. The Kier molecular flexibility index (Phi) is 6.92. The molecule has 0 aliphatic heterocycles. The number of amides is 1. The molecule has 0 saturated carbocycles. The lowest BCUT2D eigenvalue weighted by Gasteiger charge is -2.23. The smallest absolute Gasteiger partial charge is 0.233 e. The van der Waals surface area contributed by atoms with E-state index in [4.69, 9.17) is 0 Å². The van der Waals surface area contributed by atoms with E-state index in [9.17, 15) is 4.79 Å². The van der Waals surface area contributed by atoms with Crippen molar-refractivity contribution in [2.75, 3.05) is 0 Å². The van der Waals surface area contributed by atoms with Gasteiger partial charge in [-0.05, 0) is 43.9 Å². The van der Waals surface area contributed by atoms with E-state index in [0.29, 0.717) is 5.92 Å². The second-order valence-electron chi connectivity index (χ2n) is 6.67. The summed E-state index contributed by atoms with van der Waals surface area (Å²) in [6.07, 6.45) is 0.942. The lowest BCUT2D eigenvalue weighted by atomic mass is 9.97. The van der Waals surface area contributed by atoms with E-state index in [1.54, 1.807) is 11.8 Å². The fourth-order valence-electron chi connectivity index (χ4n) is 2.60. The number of carbonyl (C=O) groups excluding carboxylic acids is 1. The van der Waals surface area contributed by atoms with Crippen LogP contribution in [0.3, 0.4) is 0 Å². The van der Waals surface area contributed by atoms with Crippen molar-refractivity contribution >= 4 is 17.7 Å². The molecule has 3 heteroatoms. The molecule has 2 atom stereocenters. The van der Waals surface area contributed by atoms with Gasteiger partial charge in [0, 0.05) is 4.90 Å². The van der Waals surface area contributed by atoms with Crippen LogP contribution in [0.1, 0.15) is 44.4 Å². The first-order chi connectivity index (χ1) is 11.5. The molecule has 0 radical (unpaired) electrons. The summed E-state index contributed by atoms with van der Waals surface area (Å²) in [7, 11) is 0. The van der Waals surface area contributed by atoms with Gasteiger partial charge in [0.1, 0.15) is 0 Å². The van der Waals surface area contributed by atoms with Gasteiger partial charge in [0.2, 0.25) is 5.91 Å². The summed E-state index contributed by atoms with van der Waals surface area (Å²) >= 11 is 1.60. The maximum Gasteiger partial charge on any atom is 0.233 e. The predicted octanol–water partition coefficient (Wildman–Crippen LogP) is 5.38. The van der Waals surface area contributed by atoms with Crippen molar-refractivity contribution in [3.63, 3.8) is 0 Å². The minimum absolute atomic E-state index is 0.0692. The van der Waals surface area contributed by atoms with Crippen LogP contribution in [0, 0.1) is 12.8 Å². The molecule has 2 aromatic carbocycles. The first kappa shape index (κ1) is 18.6. The van der Waals surface area contributed by atoms with E-state index in [1.807, 2.05) is 25.1 Å². The highest BCUT2D eigenvalue weighted by molar-refractivity contribution is 8.00. The Morgan fingerprint density at radius 1 is 1.00 bits per heavy atom. The van der Waals surface area contributed by atoms with Gasteiger partial charge in [-0.3, -0.25) is 4.79 Å². The Bertz CT molecular complexity index is 637. The standard InChI is InChI=1S/C21H27NOS/c1-15(2)14-20(18-8-6-5-7-9-18)22-21(23)17(4)24-19-12-10-16(3)11-13-19/h5-13,15,17,20H,14H2,1-4H3,(H,22,23)/t17-,20+/m1/s1. The molecule has 0 aromatic heterocycles. The largest absolute Gasteiger partial charge is 0.348 e. The zero-order chi connectivity index (χ0) is 17.5. The van der Waals surface area contributed by atoms with Crippen molar-refractivity contribution in [2.45, 2.75) is 50.3 Å². The molecule has 128 valence electrons. The Balaban J connectivity index is 2.02. The Morgan fingerprint density at radius 2 is 1.62 bits per heavy atom. The molecular formula is C21H27NOS. The number of rotatable bonds is 7. The lowest BCUT2D eigenvalue weighted by Crippen LogP contribution is -2.35. The Labute approximate surface area is 150 Å². The highest BCUT2D eigenvalue weighted by Crippen LogP contribution is 2.26. The van der Waals surface area contributed by atoms with Crippen LogP contribution in [-0.4, -0.2) is 11.2 Å². The van der Waals surface area contributed by atoms with Crippen LogP contribution >= 0.6 is 11.8 Å². The van der Waals surface area contributed by atoms with Crippen LogP contribution in [0.5, 0.6) is 0 Å². The van der Waals surface area contributed by atoms with E-state index in [2.05, 4.69) is 62.5 Å². The molecule has 2 rings (SSSR count). The zero-order valence-electron chi connectivity index (χ0n) is 15.0. The lowest BCUT2D eigenvalue weighted by molar-refractivity contribution is -0.121. The van der Waals surface area contributed by atoms with Crippen molar-refractivity contribution in [3.05, 3.63) is 65.7 Å². The van der Waals surface area contributed by atoms with E-state index >= 15 is 0 Å². The topological polar surface area (TPSA) is 29.1 Å². The zero-order valence-corrected chi connectivity index (χ0v) is 15.8. The minimum atomic E-state index is -0.119. The van der Waals surface area contributed by atoms with Gasteiger partial charge in [-0.2, -0.15) is 0 Å². The van der Waals surface area contributed by atoms with Gasteiger partial charge in [0.15, 0.2) is 0 Å². The van der Waals surface area contributed by atoms with E-state index in [-0.39, 0.29) is 17.2 Å². The number of thioether (sulfide) groups is 1. The summed E-state index contributed by atoms with van der Waals surface area (Å²) in [4.78, 5) is 13.8. The van der Waals surface area contributed by atoms with Crippen LogP contribution in [0.25, 0.3) is 0 Å². The van der Waals surface area contributed by atoms with Crippen molar-refractivity contribution in [1.29, 1.82) is 0 Å². The fraction of sp³-hybridized carbons (Fsp3) is 0.381. The maximum absolute atomic E-state index is 12.6. The first-order valence-electron chi connectivity index (χ1n) is 8.54. The van der Waals surface area contributed by atoms with Crippen LogP contribution in [-0.2, 0) is 4.79 Å². The van der Waals surface area contributed by atoms with Gasteiger partial charge in [0.05, 0.1) is 11.3 Å². The quantitative estimate of drug-likeness (QED) is 0.685. The summed E-state index contributed by atoms with van der Waals surface area (Å²) in [6, 6.07) is 18.6. The van der Waals surface area contributed by atoms with Gasteiger partial charge in [-0.15, -0.1) is 11.8 Å². The monoisotopic (exact) mass is 341 g/mol. The van der Waals surface area contributed by atoms with Crippen molar-refractivity contribution in [2.24, 2.45) is 5.92 Å². The molecule has 0 aliphatic carbocycles. The third kappa shape index (κ3) is 5.72. The highest BCUT2D eigenvalue weighted by atomic mass is 32.2. The molecule has 0 heterocycles. The van der Waals surface area contributed by atoms with Gasteiger partial charge >= 0.3 is 0 Å². The summed E-state index contributed by atoms with van der Waals surface area (Å²) in [5, 5.41) is 3.12. The Hall–Kier alpha value is -1.74. The van der Waals surface area contributed by atoms with Crippen LogP contribution < -0.4 is 5.32 Å². The van der Waals surface area contributed by atoms with E-state index in [1.165, 1.54) is 11.1 Å². The second kappa shape index (κ2) is 8.93. The summed E-state index contributed by atoms with van der Waals surface area (Å²) in [5.41, 5.74) is 2.41. The second-order valence-corrected chi connectivity index (χ2v) is 8.09. The molecule has 2 aromatic rings. The molecule has 1 amide bonds. The summed E-state index contributed by atoms with van der Waals surface area (Å²) < 4.78 is 0. The van der Waals surface area contributed by atoms with Crippen LogP contribution in [0.2, 0.25) is 0 Å². The van der Waals surface area contributed by atoms with Crippen LogP contribution in [0.15, 0.2) is 59.5 Å². The first-order valence-corrected chi connectivity index (χ1v) is 9.42. The molecular weight excluding hydrogens is 314 g/mol. The molecule has 1 N–H and O–H groups in total. The Morgan fingerprint density at radius 3 is 2.21 bits per heavy atom. The van der Waals surface area contributed by atoms with Crippen molar-refractivity contribution in [3.8, 4) is 0 Å². The predicted molar refractivity (Wildman–Crippen MR) is 103 cm³/mol. The fourth-order valence-corrected chi connectivity index (χ4v) is 3.48. The molecule has 0 saturated heterocycles. The average Bonchev–Trinajstić information content (AvgIpc) is 2.56. The maximum atomic E-state index is 12.6. The average molecular weight is 342 g/mol. The number of hydrogen-bond donors (Lipinski definition) is 1. The van der Waals surface area contributed by atoms with Crippen molar-refractivity contribution < 1.29 is 4.79 Å². The van der Waals surface area contributed by atoms with Gasteiger partial charge in [-0.25, -0.2) is 0 Å². The minimum Gasteiger partial charge on any atom is -0.348 e. The van der Waals surface area contributed by atoms with Crippen molar-refractivity contribution in [1.82, 2.24) is 5.32 Å². The van der Waals surface area contributed by atoms with Gasteiger partial charge in [0.25, 0.3) is 0 Å². The van der Waals surface area contributed by atoms with Gasteiger partial charge < -0.3 is 5.32 Å². The summed E-state index contributed by atoms with van der Waals surface area (Å²) in [5.74, 6) is 0.616. The molecule has 0 aliphatic rings. The molecule has 0 unspecified atom stereocenters. The molecule has 0 spiro atoms. The van der Waals surface area contributed by atoms with Gasteiger partial charge in [-0.1, -0.05) is 61.9 Å². The van der Waals surface area contributed by atoms with E-state index < -0.39 is 0 Å².